The molecule has 0 fully saturated rings. The monoisotopic (exact) mass is 375 g/mol. The Morgan fingerprint density at radius 2 is 1.50 bits per heavy atom. The van der Waals surface area contributed by atoms with Crippen LogP contribution in [0.3, 0.4) is 0 Å². The summed E-state index contributed by atoms with van der Waals surface area (Å²) in [5.74, 6) is 0.583. The van der Waals surface area contributed by atoms with Crippen molar-refractivity contribution in [2.24, 2.45) is 0 Å². The second-order valence-electron chi connectivity index (χ2n) is 7.96. The molecule has 1 N–H and O–H groups in total. The molecule has 28 heavy (non-hydrogen) atoms. The minimum Gasteiger partial charge on any atom is -0.321 e. The summed E-state index contributed by atoms with van der Waals surface area (Å²) in [6, 6.07) is 15.9. The fourth-order valence-corrected chi connectivity index (χ4v) is 3.53. The van der Waals surface area contributed by atoms with Crippen molar-refractivity contribution in [3.63, 3.8) is 0 Å². The Morgan fingerprint density at radius 1 is 0.929 bits per heavy atom. The predicted octanol–water partition coefficient (Wildman–Crippen LogP) is 5.99. The van der Waals surface area contributed by atoms with E-state index >= 15 is 0 Å². The van der Waals surface area contributed by atoms with E-state index in [1.807, 2.05) is 48.9 Å². The van der Waals surface area contributed by atoms with Crippen molar-refractivity contribution < 1.29 is 4.79 Å². The number of rotatable bonds is 5. The molecule has 0 radical (unpaired) electrons. The number of nitrogens with zero attached hydrogens (tertiary/aromatic N) is 2. The van der Waals surface area contributed by atoms with Crippen molar-refractivity contribution in [3.05, 3.63) is 76.6 Å². The lowest BCUT2D eigenvalue weighted by molar-refractivity contribution is 0.102. The number of aromatic nitrogens is 2. The Hall–Kier alpha value is -2.88. The zero-order valence-corrected chi connectivity index (χ0v) is 17.6. The first kappa shape index (κ1) is 19.9. The number of benzene rings is 2. The van der Waals surface area contributed by atoms with Gasteiger partial charge in [-0.05, 0) is 67.1 Å². The van der Waals surface area contributed by atoms with E-state index in [9.17, 15) is 4.79 Å². The van der Waals surface area contributed by atoms with Crippen LogP contribution in [0.25, 0.3) is 5.69 Å². The third-order valence-electron chi connectivity index (χ3n) is 5.00. The molecular weight excluding hydrogens is 346 g/mol. The molecule has 0 aliphatic rings. The molecule has 0 aliphatic carbocycles. The Bertz CT molecular complexity index is 955. The first-order chi connectivity index (χ1) is 13.3. The first-order valence-electron chi connectivity index (χ1n) is 9.85. The Balaban J connectivity index is 1.89. The summed E-state index contributed by atoms with van der Waals surface area (Å²) >= 11 is 0. The van der Waals surface area contributed by atoms with Gasteiger partial charge >= 0.3 is 0 Å². The Labute approximate surface area is 167 Å². The van der Waals surface area contributed by atoms with Gasteiger partial charge in [-0.25, -0.2) is 4.68 Å². The molecule has 3 rings (SSSR count). The van der Waals surface area contributed by atoms with Gasteiger partial charge in [0.15, 0.2) is 0 Å². The minimum absolute atomic E-state index is 0.0880. The molecule has 0 saturated carbocycles. The van der Waals surface area contributed by atoms with E-state index in [1.165, 1.54) is 11.1 Å². The van der Waals surface area contributed by atoms with E-state index in [0.29, 0.717) is 17.4 Å². The smallest absolute Gasteiger partial charge is 0.255 e. The highest BCUT2D eigenvalue weighted by molar-refractivity contribution is 6.05. The maximum atomic E-state index is 12.9. The summed E-state index contributed by atoms with van der Waals surface area (Å²) in [5, 5.41) is 7.67. The van der Waals surface area contributed by atoms with E-state index in [0.717, 1.165) is 22.8 Å². The van der Waals surface area contributed by atoms with Gasteiger partial charge in [0.2, 0.25) is 0 Å². The van der Waals surface area contributed by atoms with Gasteiger partial charge in [0.05, 0.1) is 11.4 Å². The van der Waals surface area contributed by atoms with Gasteiger partial charge in [0.25, 0.3) is 5.91 Å². The number of carbonyl (C=O) groups is 1. The van der Waals surface area contributed by atoms with Gasteiger partial charge in [-0.1, -0.05) is 45.9 Å². The van der Waals surface area contributed by atoms with Crippen molar-refractivity contribution in [2.45, 2.75) is 53.4 Å². The summed E-state index contributed by atoms with van der Waals surface area (Å²) in [6.07, 6.45) is 0. The molecule has 0 bridgehead atoms. The minimum atomic E-state index is -0.0880. The highest BCUT2D eigenvalue weighted by atomic mass is 16.1. The number of nitrogens with one attached hydrogen (secondary N) is 1. The molecule has 0 spiro atoms. The topological polar surface area (TPSA) is 46.9 Å². The first-order valence-corrected chi connectivity index (χ1v) is 9.85. The lowest BCUT2D eigenvalue weighted by Gasteiger charge is -2.20. The molecule has 4 heteroatoms. The predicted molar refractivity (Wildman–Crippen MR) is 116 cm³/mol. The SMILES string of the molecule is Cc1cc(C)n(-c2ccc(C(=O)Nc3c(C(C)C)cccc3C(C)C)cc2)n1. The van der Waals surface area contributed by atoms with Crippen LogP contribution in [0, 0.1) is 13.8 Å². The average molecular weight is 376 g/mol. The third kappa shape index (κ3) is 4.01. The number of hydrogen-bond donors (Lipinski definition) is 1. The van der Waals surface area contributed by atoms with E-state index in [2.05, 4.69) is 56.3 Å². The van der Waals surface area contributed by atoms with E-state index in [-0.39, 0.29) is 5.91 Å². The molecule has 0 saturated heterocycles. The molecule has 2 aromatic carbocycles. The maximum absolute atomic E-state index is 12.9. The van der Waals surface area contributed by atoms with Crippen molar-refractivity contribution >= 4 is 11.6 Å². The van der Waals surface area contributed by atoms with Crippen molar-refractivity contribution in [1.82, 2.24) is 9.78 Å². The number of aryl methyl sites for hydroxylation is 2. The lowest BCUT2D eigenvalue weighted by atomic mass is 9.92. The number of amides is 1. The highest BCUT2D eigenvalue weighted by Gasteiger charge is 2.17. The van der Waals surface area contributed by atoms with Crippen molar-refractivity contribution in [3.8, 4) is 5.69 Å². The summed E-state index contributed by atoms with van der Waals surface area (Å²) in [4.78, 5) is 12.9. The fraction of sp³-hybridized carbons (Fsp3) is 0.333. The van der Waals surface area contributed by atoms with E-state index in [4.69, 9.17) is 0 Å². The van der Waals surface area contributed by atoms with E-state index in [1.54, 1.807) is 0 Å². The largest absolute Gasteiger partial charge is 0.321 e. The summed E-state index contributed by atoms with van der Waals surface area (Å²) < 4.78 is 1.89. The van der Waals surface area contributed by atoms with Gasteiger partial charge in [-0.2, -0.15) is 5.10 Å². The Morgan fingerprint density at radius 3 is 1.96 bits per heavy atom. The zero-order chi connectivity index (χ0) is 20.4. The number of carbonyl (C=O) groups excluding carboxylic acids is 1. The standard InChI is InChI=1S/C24H29N3O/c1-15(2)21-8-7-9-22(16(3)4)23(21)25-24(28)19-10-12-20(13-11-19)27-18(6)14-17(5)26-27/h7-16H,1-6H3,(H,25,28). The van der Waals surface area contributed by atoms with Crippen LogP contribution in [0.1, 0.15) is 72.4 Å². The molecule has 4 nitrogen and oxygen atoms in total. The fourth-order valence-electron chi connectivity index (χ4n) is 3.53. The third-order valence-corrected chi connectivity index (χ3v) is 5.00. The summed E-state index contributed by atoms with van der Waals surface area (Å²) in [6.45, 7) is 12.6. The quantitative estimate of drug-likeness (QED) is 0.595. The molecule has 3 aromatic rings. The van der Waals surface area contributed by atoms with Crippen LogP contribution in [0.5, 0.6) is 0 Å². The van der Waals surface area contributed by atoms with Crippen LogP contribution in [0.2, 0.25) is 0 Å². The van der Waals surface area contributed by atoms with Crippen molar-refractivity contribution in [1.29, 1.82) is 0 Å². The normalized spacial score (nSPS) is 11.3. The number of anilines is 1. The van der Waals surface area contributed by atoms with Crippen LogP contribution >= 0.6 is 0 Å². The average Bonchev–Trinajstić information content (AvgIpc) is 2.99. The van der Waals surface area contributed by atoms with Gasteiger partial charge < -0.3 is 5.32 Å². The van der Waals surface area contributed by atoms with Gasteiger partial charge in [-0.3, -0.25) is 4.79 Å². The van der Waals surface area contributed by atoms with Crippen LogP contribution in [-0.2, 0) is 0 Å². The van der Waals surface area contributed by atoms with Crippen LogP contribution in [-0.4, -0.2) is 15.7 Å². The molecule has 0 aliphatic heterocycles. The zero-order valence-electron chi connectivity index (χ0n) is 17.6. The number of para-hydroxylation sites is 1. The number of hydrogen-bond acceptors (Lipinski definition) is 2. The molecule has 1 aromatic heterocycles. The second kappa shape index (κ2) is 8.01. The molecule has 0 atom stereocenters. The highest BCUT2D eigenvalue weighted by Crippen LogP contribution is 2.32. The maximum Gasteiger partial charge on any atom is 0.255 e. The van der Waals surface area contributed by atoms with Gasteiger partial charge in [0.1, 0.15) is 0 Å². The molecular formula is C24H29N3O. The van der Waals surface area contributed by atoms with Crippen LogP contribution < -0.4 is 5.32 Å². The molecule has 146 valence electrons. The summed E-state index contributed by atoms with van der Waals surface area (Å²) in [5.41, 5.74) is 6.91. The summed E-state index contributed by atoms with van der Waals surface area (Å²) in [7, 11) is 0. The Kier molecular flexibility index (Phi) is 5.68. The molecule has 1 amide bonds. The second-order valence-corrected chi connectivity index (χ2v) is 7.96. The van der Waals surface area contributed by atoms with Gasteiger partial charge in [0, 0.05) is 16.9 Å². The van der Waals surface area contributed by atoms with Crippen LogP contribution in [0.4, 0.5) is 5.69 Å². The van der Waals surface area contributed by atoms with Gasteiger partial charge in [-0.15, -0.1) is 0 Å². The van der Waals surface area contributed by atoms with E-state index < -0.39 is 0 Å². The van der Waals surface area contributed by atoms with Crippen LogP contribution in [0.15, 0.2) is 48.5 Å². The molecule has 1 heterocycles. The lowest BCUT2D eigenvalue weighted by Crippen LogP contribution is -2.16. The molecule has 0 unspecified atom stereocenters. The van der Waals surface area contributed by atoms with Crippen molar-refractivity contribution in [2.75, 3.05) is 5.32 Å².